The summed E-state index contributed by atoms with van der Waals surface area (Å²) in [6.45, 7) is -2.08. The number of aromatic nitrogens is 1. The molecule has 0 aliphatic carbocycles. The summed E-state index contributed by atoms with van der Waals surface area (Å²) in [6, 6.07) is 3.20. The Balaban J connectivity index is 2.89. The molecule has 0 saturated carbocycles. The lowest BCUT2D eigenvalue weighted by atomic mass is 10.3. The molecule has 0 spiro atoms. The normalized spacial score (nSPS) is 11.1. The van der Waals surface area contributed by atoms with E-state index in [1.54, 1.807) is 0 Å². The predicted molar refractivity (Wildman–Crippen MR) is 62.8 cm³/mol. The highest BCUT2D eigenvalue weighted by Gasteiger charge is 2.34. The third kappa shape index (κ3) is 5.76. The van der Waals surface area contributed by atoms with Crippen molar-refractivity contribution in [2.75, 3.05) is 20.2 Å². The number of ether oxygens (including phenoxy) is 1. The lowest BCUT2D eigenvalue weighted by Gasteiger charge is -2.23. The van der Waals surface area contributed by atoms with Gasteiger partial charge in [0.15, 0.2) is 0 Å². The first-order chi connectivity index (χ1) is 9.73. The second-order valence-corrected chi connectivity index (χ2v) is 4.01. The summed E-state index contributed by atoms with van der Waals surface area (Å²) in [5, 5.41) is 0. The van der Waals surface area contributed by atoms with E-state index in [0.29, 0.717) is 4.90 Å². The van der Waals surface area contributed by atoms with Gasteiger partial charge in [0.2, 0.25) is 5.95 Å². The van der Waals surface area contributed by atoms with Crippen molar-refractivity contribution in [1.29, 1.82) is 0 Å². The fourth-order valence-electron chi connectivity index (χ4n) is 1.49. The molecule has 0 saturated heterocycles. The Bertz CT molecular complexity index is 519. The van der Waals surface area contributed by atoms with Gasteiger partial charge in [0, 0.05) is 6.54 Å². The largest absolute Gasteiger partial charge is 0.469 e. The minimum absolute atomic E-state index is 0.374. The number of alkyl halides is 3. The van der Waals surface area contributed by atoms with E-state index >= 15 is 0 Å². The minimum Gasteiger partial charge on any atom is -0.469 e. The number of pyridine rings is 1. The van der Waals surface area contributed by atoms with Crippen LogP contribution in [0, 0.1) is 5.95 Å². The number of hydrogen-bond donors (Lipinski definition) is 0. The van der Waals surface area contributed by atoms with Crippen molar-refractivity contribution in [1.82, 2.24) is 9.88 Å². The molecule has 1 heterocycles. The molecule has 116 valence electrons. The van der Waals surface area contributed by atoms with E-state index in [1.807, 2.05) is 0 Å². The van der Waals surface area contributed by atoms with Crippen molar-refractivity contribution in [2.24, 2.45) is 0 Å². The SMILES string of the molecule is COC(=O)CCN(CC(F)(F)F)C(=O)c1cccc(F)n1. The van der Waals surface area contributed by atoms with Gasteiger partial charge < -0.3 is 9.64 Å². The van der Waals surface area contributed by atoms with Crippen molar-refractivity contribution in [3.8, 4) is 0 Å². The van der Waals surface area contributed by atoms with Crippen LogP contribution in [0.5, 0.6) is 0 Å². The molecule has 5 nitrogen and oxygen atoms in total. The molecule has 0 aliphatic heterocycles. The highest BCUT2D eigenvalue weighted by molar-refractivity contribution is 5.92. The van der Waals surface area contributed by atoms with Crippen LogP contribution in [0.1, 0.15) is 16.9 Å². The van der Waals surface area contributed by atoms with Gasteiger partial charge in [0.1, 0.15) is 12.2 Å². The molecule has 0 unspecified atom stereocenters. The number of carbonyl (C=O) groups is 2. The average Bonchev–Trinajstić information content (AvgIpc) is 2.41. The molecule has 1 aromatic rings. The molecule has 21 heavy (non-hydrogen) atoms. The Morgan fingerprint density at radius 2 is 2.00 bits per heavy atom. The van der Waals surface area contributed by atoms with Crippen molar-refractivity contribution in [3.05, 3.63) is 29.8 Å². The predicted octanol–water partition coefficient (Wildman–Crippen LogP) is 1.79. The lowest BCUT2D eigenvalue weighted by Crippen LogP contribution is -2.40. The van der Waals surface area contributed by atoms with Gasteiger partial charge in [-0.15, -0.1) is 0 Å². The molecule has 0 fully saturated rings. The molecule has 1 aromatic heterocycles. The van der Waals surface area contributed by atoms with Gasteiger partial charge in [-0.1, -0.05) is 6.07 Å². The van der Waals surface area contributed by atoms with Gasteiger partial charge in [0.05, 0.1) is 13.5 Å². The summed E-state index contributed by atoms with van der Waals surface area (Å²) in [6.07, 6.45) is -5.06. The number of nitrogens with zero attached hydrogens (tertiary/aromatic N) is 2. The van der Waals surface area contributed by atoms with E-state index in [2.05, 4.69) is 9.72 Å². The fraction of sp³-hybridized carbons (Fsp3) is 0.417. The topological polar surface area (TPSA) is 59.5 Å². The zero-order valence-electron chi connectivity index (χ0n) is 11.0. The minimum atomic E-state index is -4.65. The molecule has 0 bridgehead atoms. The first kappa shape index (κ1) is 16.9. The summed E-state index contributed by atoms with van der Waals surface area (Å²) >= 11 is 0. The van der Waals surface area contributed by atoms with Crippen molar-refractivity contribution >= 4 is 11.9 Å². The Hall–Kier alpha value is -2.19. The zero-order chi connectivity index (χ0) is 16.0. The summed E-state index contributed by atoms with van der Waals surface area (Å²) in [5.74, 6) is -2.86. The molecule has 0 N–H and O–H groups in total. The summed E-state index contributed by atoms with van der Waals surface area (Å²) in [7, 11) is 1.08. The molecule has 0 aliphatic rings. The van der Waals surface area contributed by atoms with Crippen LogP contribution in [0.2, 0.25) is 0 Å². The maximum atomic E-state index is 12.9. The first-order valence-electron chi connectivity index (χ1n) is 5.78. The standard InChI is InChI=1S/C12H12F4N2O3/c1-21-10(19)5-6-18(7-12(14,15)16)11(20)8-3-2-4-9(13)17-8/h2-4H,5-7H2,1H3. The summed E-state index contributed by atoms with van der Waals surface area (Å²) in [5.41, 5.74) is -0.468. The number of methoxy groups -OCH3 is 1. The van der Waals surface area contributed by atoms with Crippen LogP contribution in [0.25, 0.3) is 0 Å². The number of amides is 1. The first-order valence-corrected chi connectivity index (χ1v) is 5.78. The van der Waals surface area contributed by atoms with E-state index < -0.39 is 49.2 Å². The highest BCUT2D eigenvalue weighted by Crippen LogP contribution is 2.18. The second kappa shape index (κ2) is 7.00. The number of carbonyl (C=O) groups excluding carboxylic acids is 2. The van der Waals surface area contributed by atoms with Crippen LogP contribution >= 0.6 is 0 Å². The molecular weight excluding hydrogens is 296 g/mol. The average molecular weight is 308 g/mol. The van der Waals surface area contributed by atoms with Gasteiger partial charge >= 0.3 is 12.1 Å². The fourth-order valence-corrected chi connectivity index (χ4v) is 1.49. The van der Waals surface area contributed by atoms with E-state index in [0.717, 1.165) is 25.3 Å². The van der Waals surface area contributed by atoms with Crippen LogP contribution in [0.3, 0.4) is 0 Å². The monoisotopic (exact) mass is 308 g/mol. The third-order valence-corrected chi connectivity index (χ3v) is 2.41. The molecular formula is C12H12F4N2O3. The molecule has 0 atom stereocenters. The maximum absolute atomic E-state index is 12.9. The van der Waals surface area contributed by atoms with Crippen molar-refractivity contribution < 1.29 is 31.9 Å². The molecule has 0 radical (unpaired) electrons. The molecule has 9 heteroatoms. The van der Waals surface area contributed by atoms with E-state index in [4.69, 9.17) is 0 Å². The van der Waals surface area contributed by atoms with Crippen LogP contribution in [0.4, 0.5) is 17.6 Å². The zero-order valence-corrected chi connectivity index (χ0v) is 11.0. The maximum Gasteiger partial charge on any atom is 0.406 e. The van der Waals surface area contributed by atoms with Crippen LogP contribution in [0.15, 0.2) is 18.2 Å². The number of hydrogen-bond acceptors (Lipinski definition) is 4. The molecule has 1 rings (SSSR count). The Morgan fingerprint density at radius 1 is 1.33 bits per heavy atom. The van der Waals surface area contributed by atoms with Gasteiger partial charge in [0.25, 0.3) is 5.91 Å². The number of rotatable bonds is 5. The smallest absolute Gasteiger partial charge is 0.406 e. The van der Waals surface area contributed by atoms with Crippen molar-refractivity contribution in [2.45, 2.75) is 12.6 Å². The Labute approximate surface area is 117 Å². The number of halogens is 4. The van der Waals surface area contributed by atoms with Gasteiger partial charge in [-0.2, -0.15) is 17.6 Å². The quantitative estimate of drug-likeness (QED) is 0.473. The Kier molecular flexibility index (Phi) is 5.62. The van der Waals surface area contributed by atoms with Crippen LogP contribution in [-0.4, -0.2) is 48.1 Å². The van der Waals surface area contributed by atoms with E-state index in [9.17, 15) is 27.2 Å². The van der Waals surface area contributed by atoms with E-state index in [1.165, 1.54) is 0 Å². The van der Waals surface area contributed by atoms with Crippen LogP contribution in [-0.2, 0) is 9.53 Å². The summed E-state index contributed by atoms with van der Waals surface area (Å²) in [4.78, 5) is 26.5. The second-order valence-electron chi connectivity index (χ2n) is 4.01. The van der Waals surface area contributed by atoms with Crippen LogP contribution < -0.4 is 0 Å². The molecule has 1 amide bonds. The highest BCUT2D eigenvalue weighted by atomic mass is 19.4. The lowest BCUT2D eigenvalue weighted by molar-refractivity contribution is -0.147. The van der Waals surface area contributed by atoms with Gasteiger partial charge in [-0.05, 0) is 12.1 Å². The van der Waals surface area contributed by atoms with Gasteiger partial charge in [-0.25, -0.2) is 4.98 Å². The van der Waals surface area contributed by atoms with E-state index in [-0.39, 0.29) is 0 Å². The van der Waals surface area contributed by atoms with Crippen molar-refractivity contribution in [3.63, 3.8) is 0 Å². The third-order valence-electron chi connectivity index (χ3n) is 2.41. The van der Waals surface area contributed by atoms with Gasteiger partial charge in [-0.3, -0.25) is 9.59 Å². The molecule has 0 aromatic carbocycles. The Morgan fingerprint density at radius 3 is 2.52 bits per heavy atom. The summed E-state index contributed by atoms with van der Waals surface area (Å²) < 4.78 is 54.6. The number of esters is 1.